The Kier molecular flexibility index (Phi) is 10.5. The van der Waals surface area contributed by atoms with Crippen molar-refractivity contribution < 1.29 is 4.79 Å². The maximum absolute atomic E-state index is 11.8. The zero-order chi connectivity index (χ0) is 24.5. The first-order valence-corrected chi connectivity index (χ1v) is 13.8. The van der Waals surface area contributed by atoms with Crippen LogP contribution in [0.5, 0.6) is 0 Å². The number of benzene rings is 2. The molecule has 3 N–H and O–H groups in total. The standard InChI is InChI=1S/C25H30Cl2N4OS2/c1-17(2)14-22-24(19-8-9-20(26)21(27)15-19)29-25(34-22)31(16-18-6-4-3-5-7-18)12-13-33-30-23(32)10-11-28/h3-9,15,17H,10-14,16,28H2,1-2H3,(H,30,32). The van der Waals surface area contributed by atoms with Gasteiger partial charge >= 0.3 is 0 Å². The molecule has 3 rings (SSSR count). The number of rotatable bonds is 12. The summed E-state index contributed by atoms with van der Waals surface area (Å²) in [5.74, 6) is 1.17. The highest BCUT2D eigenvalue weighted by Gasteiger charge is 2.19. The Bertz CT molecular complexity index is 1080. The lowest BCUT2D eigenvalue weighted by molar-refractivity contribution is -0.119. The van der Waals surface area contributed by atoms with E-state index in [0.29, 0.717) is 28.9 Å². The summed E-state index contributed by atoms with van der Waals surface area (Å²) in [5.41, 5.74) is 8.59. The summed E-state index contributed by atoms with van der Waals surface area (Å²) in [6, 6.07) is 16.0. The van der Waals surface area contributed by atoms with Crippen LogP contribution in [-0.4, -0.2) is 29.7 Å². The van der Waals surface area contributed by atoms with Crippen molar-refractivity contribution in [3.63, 3.8) is 0 Å². The topological polar surface area (TPSA) is 71.2 Å². The first kappa shape index (κ1) is 26.8. The Labute approximate surface area is 220 Å². The van der Waals surface area contributed by atoms with Crippen molar-refractivity contribution in [3.05, 3.63) is 69.0 Å². The van der Waals surface area contributed by atoms with Crippen molar-refractivity contribution in [3.8, 4) is 11.3 Å². The molecule has 5 nitrogen and oxygen atoms in total. The maximum Gasteiger partial charge on any atom is 0.231 e. The molecule has 0 aliphatic carbocycles. The van der Waals surface area contributed by atoms with Crippen molar-refractivity contribution in [1.82, 2.24) is 9.71 Å². The van der Waals surface area contributed by atoms with Crippen LogP contribution in [0.3, 0.4) is 0 Å². The number of aromatic nitrogens is 1. The summed E-state index contributed by atoms with van der Waals surface area (Å²) in [5, 5.41) is 2.01. The first-order valence-electron chi connectivity index (χ1n) is 11.2. The van der Waals surface area contributed by atoms with Crippen LogP contribution in [0.25, 0.3) is 11.3 Å². The maximum atomic E-state index is 11.8. The second-order valence-electron chi connectivity index (χ2n) is 8.31. The fourth-order valence-corrected chi connectivity index (χ4v) is 5.66. The molecule has 0 radical (unpaired) electrons. The average Bonchev–Trinajstić information content (AvgIpc) is 3.21. The number of nitrogens with one attached hydrogen (secondary N) is 1. The summed E-state index contributed by atoms with van der Waals surface area (Å²) < 4.78 is 2.86. The van der Waals surface area contributed by atoms with Crippen molar-refractivity contribution in [2.45, 2.75) is 33.2 Å². The number of nitrogens with two attached hydrogens (primary N) is 1. The molecule has 0 aliphatic heterocycles. The molecule has 9 heteroatoms. The highest BCUT2D eigenvalue weighted by molar-refractivity contribution is 7.97. The van der Waals surface area contributed by atoms with Gasteiger partial charge in [-0.1, -0.05) is 73.4 Å². The molecule has 1 heterocycles. The van der Waals surface area contributed by atoms with Gasteiger partial charge in [-0.25, -0.2) is 4.98 Å². The average molecular weight is 538 g/mol. The van der Waals surface area contributed by atoms with E-state index in [-0.39, 0.29) is 5.91 Å². The van der Waals surface area contributed by atoms with E-state index in [2.05, 4.69) is 35.6 Å². The van der Waals surface area contributed by atoms with Crippen LogP contribution in [-0.2, 0) is 17.8 Å². The Morgan fingerprint density at radius 3 is 2.62 bits per heavy atom. The predicted molar refractivity (Wildman–Crippen MR) is 148 cm³/mol. The third-order valence-electron chi connectivity index (χ3n) is 4.98. The largest absolute Gasteiger partial charge is 0.343 e. The molecule has 1 amide bonds. The molecular weight excluding hydrogens is 507 g/mol. The van der Waals surface area contributed by atoms with E-state index in [1.807, 2.05) is 36.4 Å². The number of amides is 1. The summed E-state index contributed by atoms with van der Waals surface area (Å²) in [4.78, 5) is 20.3. The molecule has 1 aromatic heterocycles. The summed E-state index contributed by atoms with van der Waals surface area (Å²) in [6.07, 6.45) is 1.26. The van der Waals surface area contributed by atoms with Crippen LogP contribution in [0.15, 0.2) is 48.5 Å². The van der Waals surface area contributed by atoms with E-state index in [4.69, 9.17) is 33.9 Å². The number of hydrogen-bond donors (Lipinski definition) is 2. The second-order valence-corrected chi connectivity index (χ2v) is 11.1. The smallest absolute Gasteiger partial charge is 0.231 e. The lowest BCUT2D eigenvalue weighted by atomic mass is 10.0. The quantitative estimate of drug-likeness (QED) is 0.206. The SMILES string of the molecule is CC(C)Cc1sc(N(CCSNC(=O)CCN)Cc2ccccc2)nc1-c1ccc(Cl)c(Cl)c1. The van der Waals surface area contributed by atoms with Crippen LogP contribution < -0.4 is 15.4 Å². The first-order chi connectivity index (χ1) is 16.4. The van der Waals surface area contributed by atoms with Gasteiger partial charge in [-0.05, 0) is 42.0 Å². The minimum absolute atomic E-state index is 0.0440. The number of anilines is 1. The van der Waals surface area contributed by atoms with E-state index >= 15 is 0 Å². The number of nitrogens with zero attached hydrogens (tertiary/aromatic N) is 2. The molecule has 0 unspecified atom stereocenters. The molecule has 0 bridgehead atoms. The zero-order valence-electron chi connectivity index (χ0n) is 19.4. The molecule has 34 heavy (non-hydrogen) atoms. The Morgan fingerprint density at radius 1 is 1.18 bits per heavy atom. The van der Waals surface area contributed by atoms with Gasteiger partial charge < -0.3 is 15.4 Å². The van der Waals surface area contributed by atoms with Gasteiger partial charge in [0.1, 0.15) is 0 Å². The molecule has 3 aromatic rings. The zero-order valence-corrected chi connectivity index (χ0v) is 22.5. The van der Waals surface area contributed by atoms with E-state index in [0.717, 1.165) is 41.7 Å². The molecule has 0 atom stereocenters. The van der Waals surface area contributed by atoms with Crippen LogP contribution >= 0.6 is 46.5 Å². The molecule has 0 saturated heterocycles. The molecule has 0 spiro atoms. The van der Waals surface area contributed by atoms with E-state index < -0.39 is 0 Å². The van der Waals surface area contributed by atoms with Gasteiger partial charge in [-0.2, -0.15) is 0 Å². The van der Waals surface area contributed by atoms with Crippen LogP contribution in [0.1, 0.15) is 30.7 Å². The minimum atomic E-state index is -0.0440. The summed E-state index contributed by atoms with van der Waals surface area (Å²) >= 11 is 15.6. The van der Waals surface area contributed by atoms with Crippen LogP contribution in [0.4, 0.5) is 5.13 Å². The number of thiazole rings is 1. The minimum Gasteiger partial charge on any atom is -0.343 e. The molecule has 182 valence electrons. The van der Waals surface area contributed by atoms with Crippen molar-refractivity contribution in [1.29, 1.82) is 0 Å². The third-order valence-corrected chi connectivity index (χ3v) is 7.62. The van der Waals surface area contributed by atoms with E-state index in [9.17, 15) is 4.79 Å². The molecule has 0 aliphatic rings. The van der Waals surface area contributed by atoms with Crippen molar-refractivity contribution in [2.24, 2.45) is 11.7 Å². The van der Waals surface area contributed by atoms with E-state index in [1.54, 1.807) is 11.3 Å². The lowest BCUT2D eigenvalue weighted by Gasteiger charge is -2.22. The normalized spacial score (nSPS) is 11.1. The Balaban J connectivity index is 1.87. The molecular formula is C25H30Cl2N4OS2. The highest BCUT2D eigenvalue weighted by atomic mass is 35.5. The van der Waals surface area contributed by atoms with Gasteiger partial charge in [0.25, 0.3) is 0 Å². The number of carbonyl (C=O) groups is 1. The molecule has 2 aromatic carbocycles. The predicted octanol–water partition coefficient (Wildman–Crippen LogP) is 6.44. The van der Waals surface area contributed by atoms with Gasteiger partial charge in [0.15, 0.2) is 5.13 Å². The Hall–Kier alpha value is -1.77. The van der Waals surface area contributed by atoms with Gasteiger partial charge in [0, 0.05) is 42.2 Å². The summed E-state index contributed by atoms with van der Waals surface area (Å²) in [6.45, 7) is 6.23. The fourth-order valence-electron chi connectivity index (χ4n) is 3.37. The van der Waals surface area contributed by atoms with Crippen molar-refractivity contribution >= 4 is 57.5 Å². The monoisotopic (exact) mass is 536 g/mol. The molecule has 0 fully saturated rings. The number of carbonyl (C=O) groups excluding carboxylic acids is 1. The second kappa shape index (κ2) is 13.4. The van der Waals surface area contributed by atoms with Gasteiger partial charge in [0.05, 0.1) is 15.7 Å². The Morgan fingerprint density at radius 2 is 1.94 bits per heavy atom. The van der Waals surface area contributed by atoms with Crippen LogP contribution in [0, 0.1) is 5.92 Å². The lowest BCUT2D eigenvalue weighted by Crippen LogP contribution is -2.27. The van der Waals surface area contributed by atoms with E-state index in [1.165, 1.54) is 22.4 Å². The number of halogens is 2. The van der Waals surface area contributed by atoms with Gasteiger partial charge in [-0.15, -0.1) is 11.3 Å². The van der Waals surface area contributed by atoms with Crippen molar-refractivity contribution in [2.75, 3.05) is 23.7 Å². The van der Waals surface area contributed by atoms with Gasteiger partial charge in [0.2, 0.25) is 5.91 Å². The fraction of sp³-hybridized carbons (Fsp3) is 0.360. The highest BCUT2D eigenvalue weighted by Crippen LogP contribution is 2.37. The molecule has 0 saturated carbocycles. The van der Waals surface area contributed by atoms with Crippen LogP contribution in [0.2, 0.25) is 10.0 Å². The summed E-state index contributed by atoms with van der Waals surface area (Å²) in [7, 11) is 0. The number of hydrogen-bond acceptors (Lipinski definition) is 6. The third kappa shape index (κ3) is 7.89. The van der Waals surface area contributed by atoms with Gasteiger partial charge in [-0.3, -0.25) is 4.79 Å².